The van der Waals surface area contributed by atoms with Crippen molar-refractivity contribution in [3.05, 3.63) is 73.1 Å². The molecule has 0 unspecified atom stereocenters. The average molecular weight is 495 g/mol. The van der Waals surface area contributed by atoms with Crippen LogP contribution >= 0.6 is 0 Å². The topological polar surface area (TPSA) is 35.6 Å². The number of hydrogen-bond donors (Lipinski definition) is 0. The number of hydrogen-bond acceptors (Lipinski definition) is 2. The van der Waals surface area contributed by atoms with Gasteiger partial charge in [-0.25, -0.2) is 0 Å². The molecule has 0 aliphatic rings. The van der Waals surface area contributed by atoms with Gasteiger partial charge < -0.3 is 9.13 Å². The number of nitrogens with zero attached hydrogens (tertiary/aromatic N) is 4. The van der Waals surface area contributed by atoms with Gasteiger partial charge in [0, 0.05) is 34.2 Å². The van der Waals surface area contributed by atoms with E-state index in [9.17, 15) is 0 Å². The van der Waals surface area contributed by atoms with Gasteiger partial charge in [0.2, 0.25) is 0 Å². The molecular formula is C34H30N4. The van der Waals surface area contributed by atoms with Crippen molar-refractivity contribution in [3.63, 3.8) is 0 Å². The predicted octanol–water partition coefficient (Wildman–Crippen LogP) is 9.10. The van der Waals surface area contributed by atoms with Crippen molar-refractivity contribution < 1.29 is 0 Å². The maximum absolute atomic E-state index is 4.91. The second-order valence-electron chi connectivity index (χ2n) is 12.7. The molecule has 0 fully saturated rings. The van der Waals surface area contributed by atoms with Crippen LogP contribution in [0.3, 0.4) is 0 Å². The lowest BCUT2D eigenvalue weighted by molar-refractivity contribution is 0.423. The lowest BCUT2D eigenvalue weighted by Crippen LogP contribution is -2.21. The molecule has 4 heterocycles. The molecule has 0 bridgehead atoms. The summed E-state index contributed by atoms with van der Waals surface area (Å²) in [4.78, 5) is 9.83. The molecule has 0 saturated carbocycles. The summed E-state index contributed by atoms with van der Waals surface area (Å²) < 4.78 is 4.91. The molecular weight excluding hydrogens is 464 g/mol. The molecule has 0 saturated heterocycles. The van der Waals surface area contributed by atoms with Crippen molar-refractivity contribution in [2.45, 2.75) is 52.6 Å². The van der Waals surface area contributed by atoms with Gasteiger partial charge in [-0.15, -0.1) is 0 Å². The number of fused-ring (bicyclic) bond motifs is 8. The third-order valence-electron chi connectivity index (χ3n) is 8.21. The SMILES string of the molecule is CC(C)(C)n1c2cccnc2c2c3ccc4cc5c(c6ccc(cc21)c3c46)c1ncccc1n5C(C)(C)C. The van der Waals surface area contributed by atoms with Crippen LogP contribution in [0.1, 0.15) is 41.5 Å². The average Bonchev–Trinajstić information content (AvgIpc) is 3.39. The fraction of sp³-hybridized carbons (Fsp3) is 0.235. The fourth-order valence-electron chi connectivity index (χ4n) is 7.02. The highest BCUT2D eigenvalue weighted by molar-refractivity contribution is 6.36. The minimum absolute atomic E-state index is 0.0730. The minimum atomic E-state index is -0.0730. The summed E-state index contributed by atoms with van der Waals surface area (Å²) in [5, 5.41) is 10.2. The third kappa shape index (κ3) is 2.60. The Labute approximate surface area is 220 Å². The lowest BCUT2D eigenvalue weighted by Gasteiger charge is -2.25. The molecule has 4 nitrogen and oxygen atoms in total. The standard InChI is InChI=1S/C34H30N4/c1-33(2,3)37-23-9-7-15-35-31(23)29-21-13-12-20-18-26-30(22-14-11-19(17-25(29)37)27(21)28(20)22)32-24(10-8-16-36-32)38(26)34(4,5)6/h7-18H,1-6H3. The van der Waals surface area contributed by atoms with E-state index in [1.54, 1.807) is 0 Å². The van der Waals surface area contributed by atoms with Gasteiger partial charge >= 0.3 is 0 Å². The zero-order valence-corrected chi connectivity index (χ0v) is 22.7. The summed E-state index contributed by atoms with van der Waals surface area (Å²) in [7, 11) is 0. The normalized spacial score (nSPS) is 13.5. The van der Waals surface area contributed by atoms with E-state index >= 15 is 0 Å². The van der Waals surface area contributed by atoms with E-state index in [4.69, 9.17) is 9.97 Å². The van der Waals surface area contributed by atoms with Crippen LogP contribution in [0.4, 0.5) is 0 Å². The fourth-order valence-corrected chi connectivity index (χ4v) is 7.02. The van der Waals surface area contributed by atoms with Crippen molar-refractivity contribution in [1.82, 2.24) is 19.1 Å². The molecule has 0 N–H and O–H groups in total. The predicted molar refractivity (Wildman–Crippen MR) is 162 cm³/mol. The van der Waals surface area contributed by atoms with Gasteiger partial charge in [0.05, 0.1) is 33.1 Å². The van der Waals surface area contributed by atoms with Crippen LogP contribution in [0, 0.1) is 0 Å². The maximum atomic E-state index is 4.91. The molecule has 0 spiro atoms. The summed E-state index contributed by atoms with van der Waals surface area (Å²) in [6.45, 7) is 13.7. The molecule has 4 aromatic heterocycles. The summed E-state index contributed by atoms with van der Waals surface area (Å²) in [5.41, 5.74) is 6.86. The Morgan fingerprint density at radius 3 is 1.32 bits per heavy atom. The first-order valence-corrected chi connectivity index (χ1v) is 13.4. The van der Waals surface area contributed by atoms with E-state index in [-0.39, 0.29) is 11.1 Å². The molecule has 0 radical (unpaired) electrons. The molecule has 38 heavy (non-hydrogen) atoms. The quantitative estimate of drug-likeness (QED) is 0.197. The monoisotopic (exact) mass is 494 g/mol. The van der Waals surface area contributed by atoms with E-state index in [1.165, 1.54) is 65.2 Å². The zero-order valence-electron chi connectivity index (χ0n) is 22.7. The van der Waals surface area contributed by atoms with E-state index in [0.29, 0.717) is 0 Å². The van der Waals surface area contributed by atoms with Gasteiger partial charge in [0.15, 0.2) is 0 Å². The van der Waals surface area contributed by atoms with Crippen LogP contribution in [0.2, 0.25) is 0 Å². The summed E-state index contributed by atoms with van der Waals surface area (Å²) >= 11 is 0. The van der Waals surface area contributed by atoms with E-state index in [2.05, 4.69) is 99.2 Å². The van der Waals surface area contributed by atoms with Crippen LogP contribution < -0.4 is 0 Å². The number of rotatable bonds is 0. The van der Waals surface area contributed by atoms with E-state index in [0.717, 1.165) is 11.0 Å². The van der Waals surface area contributed by atoms with Crippen molar-refractivity contribution >= 4 is 76.2 Å². The van der Waals surface area contributed by atoms with Gasteiger partial charge in [0.1, 0.15) is 0 Å². The largest absolute Gasteiger partial charge is 0.334 e. The highest BCUT2D eigenvalue weighted by Crippen LogP contribution is 2.46. The second-order valence-corrected chi connectivity index (χ2v) is 12.7. The Bertz CT molecular complexity index is 2090. The van der Waals surface area contributed by atoms with E-state index in [1.807, 2.05) is 24.5 Å². The molecule has 8 rings (SSSR count). The number of aromatic nitrogens is 4. The molecule has 0 aliphatic carbocycles. The van der Waals surface area contributed by atoms with Crippen LogP contribution in [0.5, 0.6) is 0 Å². The Kier molecular flexibility index (Phi) is 3.92. The van der Waals surface area contributed by atoms with Crippen molar-refractivity contribution in [3.8, 4) is 0 Å². The van der Waals surface area contributed by atoms with Gasteiger partial charge in [-0.2, -0.15) is 0 Å². The van der Waals surface area contributed by atoms with Gasteiger partial charge in [-0.1, -0.05) is 24.3 Å². The van der Waals surface area contributed by atoms with E-state index < -0.39 is 0 Å². The first kappa shape index (κ1) is 21.9. The molecule has 0 amide bonds. The Morgan fingerprint density at radius 2 is 0.921 bits per heavy atom. The van der Waals surface area contributed by atoms with Crippen molar-refractivity contribution in [1.29, 1.82) is 0 Å². The third-order valence-corrected chi connectivity index (χ3v) is 8.21. The molecule has 186 valence electrons. The second kappa shape index (κ2) is 6.82. The Morgan fingerprint density at radius 1 is 0.500 bits per heavy atom. The highest BCUT2D eigenvalue weighted by atomic mass is 15.1. The summed E-state index contributed by atoms with van der Waals surface area (Å²) in [6, 6.07) is 22.5. The molecule has 4 heteroatoms. The van der Waals surface area contributed by atoms with Crippen LogP contribution in [0.25, 0.3) is 76.2 Å². The molecule has 4 aromatic carbocycles. The van der Waals surface area contributed by atoms with Crippen LogP contribution in [0.15, 0.2) is 73.1 Å². The smallest absolute Gasteiger partial charge is 0.0966 e. The minimum Gasteiger partial charge on any atom is -0.334 e. The van der Waals surface area contributed by atoms with Crippen LogP contribution in [-0.4, -0.2) is 19.1 Å². The first-order chi connectivity index (χ1) is 18.1. The van der Waals surface area contributed by atoms with Gasteiger partial charge in [0.25, 0.3) is 0 Å². The number of benzene rings is 4. The lowest BCUT2D eigenvalue weighted by atomic mass is 9.90. The molecule has 8 aromatic rings. The van der Waals surface area contributed by atoms with Crippen molar-refractivity contribution in [2.24, 2.45) is 0 Å². The molecule has 0 atom stereocenters. The van der Waals surface area contributed by atoms with Gasteiger partial charge in [-0.05, 0) is 110 Å². The summed E-state index contributed by atoms with van der Waals surface area (Å²) in [6.07, 6.45) is 3.84. The van der Waals surface area contributed by atoms with Crippen LogP contribution in [-0.2, 0) is 11.1 Å². The Balaban J connectivity index is 1.65. The highest BCUT2D eigenvalue weighted by Gasteiger charge is 2.26. The number of pyridine rings is 2. The first-order valence-electron chi connectivity index (χ1n) is 13.4. The Hall–Kier alpha value is -4.18. The molecule has 0 aliphatic heterocycles. The summed E-state index contributed by atoms with van der Waals surface area (Å²) in [5.74, 6) is 0. The zero-order chi connectivity index (χ0) is 26.1. The maximum Gasteiger partial charge on any atom is 0.0966 e. The van der Waals surface area contributed by atoms with Gasteiger partial charge in [-0.3, -0.25) is 9.97 Å². The van der Waals surface area contributed by atoms with Crippen molar-refractivity contribution in [2.75, 3.05) is 0 Å².